The largest absolute Gasteiger partial charge is 0.0622 e. The molecule has 0 bridgehead atoms. The number of hydrogen-bond donors (Lipinski definition) is 0. The molecule has 0 aliphatic rings. The molecule has 0 spiro atoms. The van der Waals surface area contributed by atoms with Crippen LogP contribution in [0.1, 0.15) is 22.3 Å². The van der Waals surface area contributed by atoms with Crippen LogP contribution in [0.2, 0.25) is 0 Å². The van der Waals surface area contributed by atoms with Gasteiger partial charge in [-0.2, -0.15) is 0 Å². The first-order valence-electron chi connectivity index (χ1n) is 15.9. The van der Waals surface area contributed by atoms with Crippen LogP contribution in [0.15, 0.2) is 194 Å². The van der Waals surface area contributed by atoms with Crippen molar-refractivity contribution < 1.29 is 0 Å². The van der Waals surface area contributed by atoms with E-state index in [1.54, 1.807) is 0 Å². The monoisotopic (exact) mass is 596 g/mol. The fourth-order valence-corrected chi connectivity index (χ4v) is 4.88. The van der Waals surface area contributed by atoms with Crippen LogP contribution in [-0.4, -0.2) is 0 Å². The molecule has 0 aliphatic heterocycles. The van der Waals surface area contributed by atoms with Gasteiger partial charge in [0.2, 0.25) is 0 Å². The Labute approximate surface area is 276 Å². The highest BCUT2D eigenvalue weighted by Crippen LogP contribution is 2.22. The van der Waals surface area contributed by atoms with Crippen molar-refractivity contribution in [3.05, 3.63) is 216 Å². The predicted octanol–water partition coefficient (Wildman–Crippen LogP) is 13.0. The summed E-state index contributed by atoms with van der Waals surface area (Å²) in [6.45, 7) is 8.45. The van der Waals surface area contributed by atoms with Gasteiger partial charge in [-0.05, 0) is 66.6 Å². The molecular weight excluding hydrogens is 553 g/mol. The summed E-state index contributed by atoms with van der Waals surface area (Å²) >= 11 is 0. The van der Waals surface area contributed by atoms with E-state index >= 15 is 0 Å². The van der Waals surface area contributed by atoms with Gasteiger partial charge >= 0.3 is 0 Å². The summed E-state index contributed by atoms with van der Waals surface area (Å²) in [6.07, 6.45) is 0. The Bertz CT molecular complexity index is 1820. The molecule has 0 saturated heterocycles. The van der Waals surface area contributed by atoms with Crippen molar-refractivity contribution in [3.63, 3.8) is 0 Å². The lowest BCUT2D eigenvalue weighted by Crippen LogP contribution is -1.80. The molecule has 0 fully saturated rings. The van der Waals surface area contributed by atoms with E-state index in [0.717, 1.165) is 0 Å². The second-order valence-corrected chi connectivity index (χ2v) is 11.3. The zero-order valence-corrected chi connectivity index (χ0v) is 27.5. The summed E-state index contributed by atoms with van der Waals surface area (Å²) in [4.78, 5) is 0. The van der Waals surface area contributed by atoms with Crippen molar-refractivity contribution in [3.8, 4) is 33.4 Å². The first-order chi connectivity index (χ1) is 22.5. The molecule has 0 unspecified atom stereocenters. The van der Waals surface area contributed by atoms with Crippen molar-refractivity contribution in [2.24, 2.45) is 0 Å². The molecule has 46 heavy (non-hydrogen) atoms. The molecule has 0 aliphatic carbocycles. The zero-order valence-electron chi connectivity index (χ0n) is 27.5. The Balaban J connectivity index is 0.000000142. The fraction of sp³-hybridized carbons (Fsp3) is 0.0870. The van der Waals surface area contributed by atoms with Crippen LogP contribution in [0, 0.1) is 27.7 Å². The van der Waals surface area contributed by atoms with Crippen LogP contribution in [0.25, 0.3) is 33.4 Å². The standard InChI is InChI=1S/3C13H12.C7H8/c1-11-7-5-6-10-13(11)12-8-3-2-4-9-12;1-11-6-5-9-13(10-11)12-7-3-2-4-8-12;1-11-7-9-13(10-8-11)12-5-3-2-4-6-12;1-7-5-3-2-4-6-7/h3*2-10H,1H3;2-6H,1H3. The van der Waals surface area contributed by atoms with Gasteiger partial charge in [-0.25, -0.2) is 0 Å². The molecule has 0 aromatic heterocycles. The fourth-order valence-electron chi connectivity index (χ4n) is 4.88. The Morgan fingerprint density at radius 3 is 1.09 bits per heavy atom. The van der Waals surface area contributed by atoms with Crippen LogP contribution in [0.5, 0.6) is 0 Å². The third kappa shape index (κ3) is 11.2. The Morgan fingerprint density at radius 1 is 0.239 bits per heavy atom. The minimum atomic E-state index is 1.28. The summed E-state index contributed by atoms with van der Waals surface area (Å²) in [5.41, 5.74) is 13.0. The molecule has 0 atom stereocenters. The molecule has 0 heteroatoms. The van der Waals surface area contributed by atoms with E-state index in [1.807, 2.05) is 36.4 Å². The predicted molar refractivity (Wildman–Crippen MR) is 201 cm³/mol. The molecule has 7 aromatic carbocycles. The molecular formula is C46H44. The highest BCUT2D eigenvalue weighted by atomic mass is 14.0. The maximum atomic E-state index is 2.20. The highest BCUT2D eigenvalue weighted by molar-refractivity contribution is 5.67. The molecule has 0 N–H and O–H groups in total. The number of hydrogen-bond acceptors (Lipinski definition) is 0. The van der Waals surface area contributed by atoms with Gasteiger partial charge in [0.05, 0.1) is 0 Å². The third-order valence-corrected chi connectivity index (χ3v) is 7.45. The van der Waals surface area contributed by atoms with Crippen LogP contribution < -0.4 is 0 Å². The van der Waals surface area contributed by atoms with E-state index < -0.39 is 0 Å². The van der Waals surface area contributed by atoms with Gasteiger partial charge in [-0.1, -0.05) is 211 Å². The summed E-state index contributed by atoms with van der Waals surface area (Å²) in [5, 5.41) is 0. The van der Waals surface area contributed by atoms with Gasteiger partial charge < -0.3 is 0 Å². The van der Waals surface area contributed by atoms with Crippen molar-refractivity contribution in [2.45, 2.75) is 27.7 Å². The van der Waals surface area contributed by atoms with Gasteiger partial charge in [0, 0.05) is 0 Å². The lowest BCUT2D eigenvalue weighted by molar-refractivity contribution is 1.46. The summed E-state index contributed by atoms with van der Waals surface area (Å²) < 4.78 is 0. The first-order valence-corrected chi connectivity index (χ1v) is 15.9. The number of aryl methyl sites for hydroxylation is 4. The van der Waals surface area contributed by atoms with E-state index in [4.69, 9.17) is 0 Å². The topological polar surface area (TPSA) is 0 Å². The third-order valence-electron chi connectivity index (χ3n) is 7.45. The zero-order chi connectivity index (χ0) is 32.4. The first kappa shape index (κ1) is 33.4. The average molecular weight is 597 g/mol. The van der Waals surface area contributed by atoms with Gasteiger partial charge in [-0.15, -0.1) is 0 Å². The van der Waals surface area contributed by atoms with Crippen molar-refractivity contribution in [1.82, 2.24) is 0 Å². The quantitative estimate of drug-likeness (QED) is 0.190. The van der Waals surface area contributed by atoms with E-state index in [2.05, 4.69) is 185 Å². The molecule has 7 aromatic rings. The summed E-state index contributed by atoms with van der Waals surface area (Å²) in [6, 6.07) is 67.2. The maximum Gasteiger partial charge on any atom is -0.0155 e. The highest BCUT2D eigenvalue weighted by Gasteiger charge is 1.98. The van der Waals surface area contributed by atoms with Crippen LogP contribution in [0.4, 0.5) is 0 Å². The van der Waals surface area contributed by atoms with E-state index in [-0.39, 0.29) is 0 Å². The Hall–Kier alpha value is -5.46. The Morgan fingerprint density at radius 2 is 0.609 bits per heavy atom. The normalized spacial score (nSPS) is 9.74. The van der Waals surface area contributed by atoms with Crippen molar-refractivity contribution in [2.75, 3.05) is 0 Å². The SMILES string of the molecule is Cc1ccc(-c2ccccc2)cc1.Cc1cccc(-c2ccccc2)c1.Cc1ccccc1.Cc1ccccc1-c1ccccc1. The summed E-state index contributed by atoms with van der Waals surface area (Å²) in [7, 11) is 0. The molecule has 0 amide bonds. The lowest BCUT2D eigenvalue weighted by Gasteiger charge is -2.04. The Kier molecular flexibility index (Phi) is 13.4. The minimum Gasteiger partial charge on any atom is -0.0622 e. The maximum absolute atomic E-state index is 2.20. The molecule has 0 radical (unpaired) electrons. The molecule has 0 nitrogen and oxygen atoms in total. The van der Waals surface area contributed by atoms with E-state index in [0.29, 0.717) is 0 Å². The smallest absolute Gasteiger partial charge is 0.0155 e. The molecule has 228 valence electrons. The van der Waals surface area contributed by atoms with Crippen molar-refractivity contribution >= 4 is 0 Å². The van der Waals surface area contributed by atoms with Gasteiger partial charge in [0.1, 0.15) is 0 Å². The van der Waals surface area contributed by atoms with Crippen molar-refractivity contribution in [1.29, 1.82) is 0 Å². The minimum absolute atomic E-state index is 1.28. The average Bonchev–Trinajstić information content (AvgIpc) is 3.11. The van der Waals surface area contributed by atoms with Crippen LogP contribution in [0.3, 0.4) is 0 Å². The van der Waals surface area contributed by atoms with E-state index in [1.165, 1.54) is 55.6 Å². The lowest BCUT2D eigenvalue weighted by atomic mass is 10.0. The van der Waals surface area contributed by atoms with Crippen LogP contribution >= 0.6 is 0 Å². The van der Waals surface area contributed by atoms with E-state index in [9.17, 15) is 0 Å². The molecule has 7 rings (SSSR count). The molecule has 0 heterocycles. The number of rotatable bonds is 3. The second kappa shape index (κ2) is 18.4. The second-order valence-electron chi connectivity index (χ2n) is 11.3. The molecule has 0 saturated carbocycles. The van der Waals surface area contributed by atoms with Crippen LogP contribution in [-0.2, 0) is 0 Å². The van der Waals surface area contributed by atoms with Gasteiger partial charge in [0.25, 0.3) is 0 Å². The van der Waals surface area contributed by atoms with Gasteiger partial charge in [-0.3, -0.25) is 0 Å². The summed E-state index contributed by atoms with van der Waals surface area (Å²) in [5.74, 6) is 0. The van der Waals surface area contributed by atoms with Gasteiger partial charge in [0.15, 0.2) is 0 Å². The number of benzene rings is 7.